The number of piperidine rings is 2. The molecule has 0 bridgehead atoms. The molecule has 0 saturated carbocycles. The number of likely N-dealkylation sites (tertiary alicyclic amines) is 1. The molecule has 5 aliphatic rings. The van der Waals surface area contributed by atoms with Crippen molar-refractivity contribution < 1.29 is 32.8 Å². The van der Waals surface area contributed by atoms with Crippen LogP contribution >= 0.6 is 0 Å². The number of hydrogen-bond donors (Lipinski definition) is 4. The smallest absolute Gasteiger partial charge is 0.317 e. The lowest BCUT2D eigenvalue weighted by molar-refractivity contribution is -0.137. The zero-order valence-electron chi connectivity index (χ0n) is 35.6. The molecule has 1 unspecified atom stereocenters. The van der Waals surface area contributed by atoms with E-state index in [0.29, 0.717) is 124 Å². The highest BCUT2D eigenvalue weighted by Crippen LogP contribution is 2.40. The van der Waals surface area contributed by atoms with E-state index in [0.717, 1.165) is 16.8 Å². The number of anilines is 1. The third-order valence-electron chi connectivity index (χ3n) is 12.7. The van der Waals surface area contributed by atoms with Crippen molar-refractivity contribution >= 4 is 41.2 Å². The number of benzene rings is 2. The van der Waals surface area contributed by atoms with Crippen LogP contribution in [0.2, 0.25) is 0 Å². The van der Waals surface area contributed by atoms with Gasteiger partial charge in [0.1, 0.15) is 11.9 Å². The molecule has 5 aliphatic heterocycles. The van der Waals surface area contributed by atoms with E-state index >= 15 is 0 Å². The average molecular weight is 863 g/mol. The van der Waals surface area contributed by atoms with Crippen molar-refractivity contribution in [2.75, 3.05) is 44.7 Å². The number of hydrogen-bond acceptors (Lipinski definition) is 8. The average Bonchev–Trinajstić information content (AvgIpc) is 4.00. The third-order valence-corrected chi connectivity index (χ3v) is 12.7. The molecule has 2 fully saturated rings. The Morgan fingerprint density at radius 3 is 2.52 bits per heavy atom. The summed E-state index contributed by atoms with van der Waals surface area (Å²) in [6.45, 7) is 2.55. The van der Waals surface area contributed by atoms with E-state index in [4.69, 9.17) is 0 Å². The first kappa shape index (κ1) is 43.1. The second-order valence-electron chi connectivity index (χ2n) is 16.8. The van der Waals surface area contributed by atoms with Crippen LogP contribution in [0.15, 0.2) is 54.0 Å². The van der Waals surface area contributed by atoms with Gasteiger partial charge in [-0.15, -0.1) is 0 Å². The number of unbranched alkanes of at least 4 members (excludes halogenated alkanes) is 2. The standard InChI is InChI=1S/C46H52F2N10O5/c1-50-46(63)56-20-17-36(35(27-56)43(49)57-21-14-29-22-33(31-24-51-54(2)25-31)34(42(47)48)23-38(29)57)52-32-15-18-55(19-16-32)40(60)11-6-4-3-5-8-28-9-7-10-30-26-58(45(62)41(28)30)37-12-13-39(59)53-44(37)61/h7,9-10,22-25,32,37,42,49,52H,3-4,6,11-21,26-27H2,1-2H3,(H,50,63)(H,53,59,61). The topological polar surface area (TPSA) is 176 Å². The van der Waals surface area contributed by atoms with Gasteiger partial charge in [0.2, 0.25) is 17.7 Å². The molecular formula is C46H52F2N10O5. The molecule has 0 radical (unpaired) electrons. The summed E-state index contributed by atoms with van der Waals surface area (Å²) in [7, 11) is 3.31. The number of imide groups is 1. The Balaban J connectivity index is 0.851. The van der Waals surface area contributed by atoms with E-state index in [1.165, 1.54) is 11.0 Å². The molecule has 8 rings (SSSR count). The number of aromatic nitrogens is 2. The molecule has 6 heterocycles. The Labute approximate surface area is 364 Å². The lowest BCUT2D eigenvalue weighted by atomic mass is 9.97. The van der Waals surface area contributed by atoms with E-state index in [-0.39, 0.29) is 54.2 Å². The number of amides is 6. The molecule has 0 aliphatic carbocycles. The van der Waals surface area contributed by atoms with Crippen molar-refractivity contribution in [3.63, 3.8) is 0 Å². The highest BCUT2D eigenvalue weighted by atomic mass is 19.3. The number of fused-ring (bicyclic) bond motifs is 2. The highest BCUT2D eigenvalue weighted by Gasteiger charge is 2.40. The van der Waals surface area contributed by atoms with Crippen molar-refractivity contribution in [2.45, 2.75) is 89.3 Å². The van der Waals surface area contributed by atoms with Gasteiger partial charge in [0.05, 0.1) is 18.3 Å². The summed E-state index contributed by atoms with van der Waals surface area (Å²) in [5.41, 5.74) is 5.78. The number of aryl methyl sites for hydroxylation is 1. The lowest BCUT2D eigenvalue weighted by Gasteiger charge is -2.37. The van der Waals surface area contributed by atoms with Crippen LogP contribution in [0, 0.1) is 17.3 Å². The number of rotatable bonds is 10. The monoisotopic (exact) mass is 862 g/mol. The van der Waals surface area contributed by atoms with Gasteiger partial charge in [-0.3, -0.25) is 34.6 Å². The number of amidine groups is 1. The maximum Gasteiger partial charge on any atom is 0.317 e. The minimum atomic E-state index is -2.73. The first-order chi connectivity index (χ1) is 30.4. The van der Waals surface area contributed by atoms with Crippen LogP contribution in [0.5, 0.6) is 0 Å². The number of nitrogens with one attached hydrogen (secondary N) is 4. The molecule has 6 amide bonds. The number of carbonyl (C=O) groups is 5. The molecule has 2 saturated heterocycles. The normalized spacial score (nSPS) is 18.9. The van der Waals surface area contributed by atoms with E-state index in [2.05, 4.69) is 32.9 Å². The van der Waals surface area contributed by atoms with Crippen LogP contribution in [0.25, 0.3) is 11.1 Å². The third kappa shape index (κ3) is 9.02. The van der Waals surface area contributed by atoms with Crippen molar-refractivity contribution in [2.24, 2.45) is 7.05 Å². The van der Waals surface area contributed by atoms with Crippen LogP contribution in [0.3, 0.4) is 0 Å². The van der Waals surface area contributed by atoms with E-state index < -0.39 is 18.4 Å². The summed E-state index contributed by atoms with van der Waals surface area (Å²) >= 11 is 0. The Morgan fingerprint density at radius 1 is 0.984 bits per heavy atom. The van der Waals surface area contributed by atoms with Crippen molar-refractivity contribution in [3.05, 3.63) is 81.8 Å². The van der Waals surface area contributed by atoms with E-state index in [1.807, 2.05) is 17.0 Å². The summed E-state index contributed by atoms with van der Waals surface area (Å²) in [4.78, 5) is 70.3. The van der Waals surface area contributed by atoms with Crippen molar-refractivity contribution in [1.82, 2.24) is 40.4 Å². The number of halogens is 2. The number of carbonyl (C=O) groups excluding carboxylic acids is 5. The summed E-state index contributed by atoms with van der Waals surface area (Å²) in [6.07, 6.45) is 5.90. The van der Waals surface area contributed by atoms with Crippen LogP contribution < -0.4 is 20.9 Å². The maximum absolute atomic E-state index is 14.5. The van der Waals surface area contributed by atoms with Crippen LogP contribution in [-0.2, 0) is 34.4 Å². The Kier molecular flexibility index (Phi) is 12.6. The highest BCUT2D eigenvalue weighted by molar-refractivity contribution is 6.10. The number of nitrogens with zero attached hydrogens (tertiary/aromatic N) is 6. The fourth-order valence-electron chi connectivity index (χ4n) is 9.35. The van der Waals surface area contributed by atoms with Gasteiger partial charge in [-0.1, -0.05) is 24.0 Å². The molecule has 63 heavy (non-hydrogen) atoms. The van der Waals surface area contributed by atoms with Gasteiger partial charge < -0.3 is 30.2 Å². The second-order valence-corrected chi connectivity index (χ2v) is 16.8. The fraction of sp³-hybridized carbons (Fsp3) is 0.457. The molecule has 1 atom stereocenters. The molecule has 4 N–H and O–H groups in total. The summed E-state index contributed by atoms with van der Waals surface area (Å²) in [5.74, 6) is 5.53. The minimum Gasteiger partial charge on any atom is -0.385 e. The van der Waals surface area contributed by atoms with Crippen LogP contribution in [-0.4, -0.2) is 112 Å². The van der Waals surface area contributed by atoms with Gasteiger partial charge in [0, 0.05) is 118 Å². The zero-order chi connectivity index (χ0) is 44.4. The number of alkyl halides is 2. The van der Waals surface area contributed by atoms with Gasteiger partial charge in [0.25, 0.3) is 12.3 Å². The van der Waals surface area contributed by atoms with Gasteiger partial charge in [0.15, 0.2) is 0 Å². The quantitative estimate of drug-likeness (QED) is 0.0752. The lowest BCUT2D eigenvalue weighted by Crippen LogP contribution is -2.52. The van der Waals surface area contributed by atoms with Crippen LogP contribution in [0.1, 0.15) is 96.8 Å². The Hall–Kier alpha value is -6.57. The van der Waals surface area contributed by atoms with E-state index in [1.54, 1.807) is 53.1 Å². The predicted octanol–water partition coefficient (Wildman–Crippen LogP) is 4.62. The summed E-state index contributed by atoms with van der Waals surface area (Å²) in [6, 6.07) is 7.91. The Morgan fingerprint density at radius 2 is 1.79 bits per heavy atom. The Bertz CT molecular complexity index is 2450. The van der Waals surface area contributed by atoms with Gasteiger partial charge >= 0.3 is 6.03 Å². The summed E-state index contributed by atoms with van der Waals surface area (Å²) < 4.78 is 30.6. The summed E-state index contributed by atoms with van der Waals surface area (Å²) in [5, 5.41) is 22.3. The molecule has 2 aromatic carbocycles. The first-order valence-electron chi connectivity index (χ1n) is 21.7. The maximum atomic E-state index is 14.5. The molecule has 15 nitrogen and oxygen atoms in total. The fourth-order valence-corrected chi connectivity index (χ4v) is 9.35. The molecular weight excluding hydrogens is 811 g/mol. The van der Waals surface area contributed by atoms with Gasteiger partial charge in [-0.2, -0.15) is 5.10 Å². The minimum absolute atomic E-state index is 0.0504. The van der Waals surface area contributed by atoms with E-state index in [9.17, 15) is 38.2 Å². The SMILES string of the molecule is CNC(=O)N1CCC(NC2CCN(C(=O)CCCCC#Cc3cccc4c3C(=O)N(C3CCC(=O)NC3=O)C4)CC2)=C(C(=N)N2CCc3cc(-c4cnn(C)c4)c(C(F)F)cc32)C1. The van der Waals surface area contributed by atoms with Crippen LogP contribution in [0.4, 0.5) is 19.3 Å². The predicted molar refractivity (Wildman–Crippen MR) is 231 cm³/mol. The molecule has 3 aromatic rings. The van der Waals surface area contributed by atoms with Gasteiger partial charge in [-0.05, 0) is 73.4 Å². The number of urea groups is 1. The molecule has 17 heteroatoms. The van der Waals surface area contributed by atoms with Crippen molar-refractivity contribution in [1.29, 1.82) is 5.41 Å². The molecule has 0 spiro atoms. The first-order valence-corrected chi connectivity index (χ1v) is 21.7. The van der Waals surface area contributed by atoms with Gasteiger partial charge in [-0.25, -0.2) is 13.6 Å². The van der Waals surface area contributed by atoms with Crippen molar-refractivity contribution in [3.8, 4) is 23.0 Å². The zero-order valence-corrected chi connectivity index (χ0v) is 35.6. The molecule has 330 valence electrons. The largest absolute Gasteiger partial charge is 0.385 e. The second kappa shape index (κ2) is 18.4. The molecule has 1 aromatic heterocycles.